The van der Waals surface area contributed by atoms with E-state index >= 15 is 0 Å². The quantitative estimate of drug-likeness (QED) is 0.509. The van der Waals surface area contributed by atoms with Crippen LogP contribution in [-0.4, -0.2) is 61.8 Å². The minimum absolute atomic E-state index is 0.0926. The van der Waals surface area contributed by atoms with Crippen LogP contribution in [0, 0.1) is 0 Å². The van der Waals surface area contributed by atoms with Crippen LogP contribution in [-0.2, 0) is 33.3 Å². The Labute approximate surface area is 150 Å². The molecule has 2 aliphatic rings. The molecule has 0 amide bonds. The number of rotatable bonds is 3. The number of carbonyl (C=O) groups is 3. The molecule has 2 aliphatic heterocycles. The summed E-state index contributed by atoms with van der Waals surface area (Å²) in [7, 11) is 0. The van der Waals surface area contributed by atoms with E-state index in [0.29, 0.717) is 0 Å². The van der Waals surface area contributed by atoms with Crippen LogP contribution in [0.3, 0.4) is 0 Å². The highest BCUT2D eigenvalue weighted by Gasteiger charge is 2.61. The van der Waals surface area contributed by atoms with Crippen LogP contribution >= 0.6 is 0 Å². The van der Waals surface area contributed by atoms with Gasteiger partial charge in [-0.1, -0.05) is 0 Å². The molecule has 4 rings (SSSR count). The van der Waals surface area contributed by atoms with E-state index in [4.69, 9.17) is 18.9 Å². The maximum Gasteiger partial charge on any atom is 0.350 e. The first-order chi connectivity index (χ1) is 12.9. The monoisotopic (exact) mass is 378 g/mol. The molecule has 4 heterocycles. The summed E-state index contributed by atoms with van der Waals surface area (Å²) < 4.78 is 22.7. The zero-order chi connectivity index (χ0) is 19.3. The van der Waals surface area contributed by atoms with Crippen LogP contribution < -0.4 is 5.56 Å². The van der Waals surface area contributed by atoms with Gasteiger partial charge >= 0.3 is 17.9 Å². The number of nitrogens with one attached hydrogen (secondary N) is 1. The third-order valence-electron chi connectivity index (χ3n) is 4.25. The van der Waals surface area contributed by atoms with Crippen LogP contribution in [0.25, 0.3) is 11.2 Å². The van der Waals surface area contributed by atoms with Gasteiger partial charge in [0, 0.05) is 13.8 Å². The van der Waals surface area contributed by atoms with Gasteiger partial charge in [0.2, 0.25) is 6.10 Å². The van der Waals surface area contributed by atoms with E-state index in [1.54, 1.807) is 0 Å². The van der Waals surface area contributed by atoms with Gasteiger partial charge in [0.05, 0.1) is 6.33 Å². The molecule has 2 aromatic heterocycles. The molecule has 0 saturated carbocycles. The van der Waals surface area contributed by atoms with Crippen LogP contribution in [0.5, 0.6) is 0 Å². The van der Waals surface area contributed by atoms with Gasteiger partial charge in [-0.3, -0.25) is 19.0 Å². The van der Waals surface area contributed by atoms with E-state index in [2.05, 4.69) is 15.0 Å². The van der Waals surface area contributed by atoms with E-state index in [-0.39, 0.29) is 11.2 Å². The Bertz CT molecular complexity index is 997. The van der Waals surface area contributed by atoms with E-state index in [9.17, 15) is 19.2 Å². The first-order valence-corrected chi connectivity index (χ1v) is 7.97. The van der Waals surface area contributed by atoms with Crippen molar-refractivity contribution in [3.8, 4) is 0 Å². The lowest BCUT2D eigenvalue weighted by atomic mass is 10.1. The first-order valence-electron chi connectivity index (χ1n) is 7.97. The lowest BCUT2D eigenvalue weighted by Gasteiger charge is -2.22. The van der Waals surface area contributed by atoms with Gasteiger partial charge in [0.15, 0.2) is 29.6 Å². The maximum absolute atomic E-state index is 12.2. The summed E-state index contributed by atoms with van der Waals surface area (Å²) in [4.78, 5) is 57.5. The van der Waals surface area contributed by atoms with Crippen molar-refractivity contribution in [1.82, 2.24) is 19.5 Å². The molecule has 2 aromatic rings. The van der Waals surface area contributed by atoms with Crippen molar-refractivity contribution in [2.45, 2.75) is 44.5 Å². The summed E-state index contributed by atoms with van der Waals surface area (Å²) in [6, 6.07) is 0. The van der Waals surface area contributed by atoms with Gasteiger partial charge in [-0.05, 0) is 0 Å². The SMILES string of the molecule is CC(=O)O[C@@H]1[C@@H]2OC(=O)[C@@H](OC(C)=O)[C@H]2O[C@H]1n1cnc2nc[nH]c(=O)c21. The number of carbonyl (C=O) groups excluding carboxylic acids is 3. The molecule has 0 aliphatic carbocycles. The Kier molecular flexibility index (Phi) is 3.91. The Balaban J connectivity index is 1.76. The molecular formula is C15H14N4O8. The lowest BCUT2D eigenvalue weighted by molar-refractivity contribution is -0.174. The Hall–Kier alpha value is -3.28. The van der Waals surface area contributed by atoms with Crippen LogP contribution in [0.4, 0.5) is 0 Å². The highest BCUT2D eigenvalue weighted by molar-refractivity contribution is 5.82. The molecule has 12 nitrogen and oxygen atoms in total. The van der Waals surface area contributed by atoms with Crippen molar-refractivity contribution in [3.05, 3.63) is 23.0 Å². The van der Waals surface area contributed by atoms with Crippen molar-refractivity contribution in [3.63, 3.8) is 0 Å². The molecular weight excluding hydrogens is 364 g/mol. The second-order valence-corrected chi connectivity index (χ2v) is 6.05. The van der Waals surface area contributed by atoms with Crippen molar-refractivity contribution in [1.29, 1.82) is 0 Å². The molecule has 12 heteroatoms. The number of fused-ring (bicyclic) bond motifs is 2. The standard InChI is InChI=1S/C15H14N4O8/c1-5(20)24-10-8-9(11(15(23)27-8)25-6(2)21)26-14(10)19-4-18-12-7(19)13(22)17-3-16-12/h3-4,8-11,14H,1-2H3,(H,16,17,22)/t8-,9+,10-,11+,14-/m1/s1. The summed E-state index contributed by atoms with van der Waals surface area (Å²) in [5, 5.41) is 0. The fourth-order valence-electron chi connectivity index (χ4n) is 3.29. The summed E-state index contributed by atoms with van der Waals surface area (Å²) in [5.74, 6) is -2.13. The summed E-state index contributed by atoms with van der Waals surface area (Å²) in [6.07, 6.45) is -2.93. The smallest absolute Gasteiger partial charge is 0.350 e. The van der Waals surface area contributed by atoms with E-state index < -0.39 is 54.1 Å². The van der Waals surface area contributed by atoms with Gasteiger partial charge in [0.25, 0.3) is 5.56 Å². The number of aromatic nitrogens is 4. The van der Waals surface area contributed by atoms with Crippen LogP contribution in [0.1, 0.15) is 20.1 Å². The highest BCUT2D eigenvalue weighted by Crippen LogP contribution is 2.40. The number of nitrogens with zero attached hydrogens (tertiary/aromatic N) is 3. The third kappa shape index (κ3) is 2.73. The average Bonchev–Trinajstić information content (AvgIpc) is 3.23. The molecule has 0 bridgehead atoms. The number of aromatic amines is 1. The summed E-state index contributed by atoms with van der Waals surface area (Å²) in [6.45, 7) is 2.33. The topological polar surface area (TPSA) is 152 Å². The first kappa shape index (κ1) is 17.1. The lowest BCUT2D eigenvalue weighted by Crippen LogP contribution is -2.36. The number of H-pyrrole nitrogens is 1. The normalized spacial score (nSPS) is 29.4. The minimum atomic E-state index is -1.30. The predicted octanol–water partition coefficient (Wildman–Crippen LogP) is -1.19. The predicted molar refractivity (Wildman–Crippen MR) is 83.0 cm³/mol. The van der Waals surface area contributed by atoms with E-state index in [0.717, 1.165) is 6.92 Å². The fraction of sp³-hybridized carbons (Fsp3) is 0.467. The van der Waals surface area contributed by atoms with Gasteiger partial charge < -0.3 is 23.9 Å². The van der Waals surface area contributed by atoms with Crippen LogP contribution in [0.2, 0.25) is 0 Å². The zero-order valence-electron chi connectivity index (χ0n) is 14.1. The van der Waals surface area contributed by atoms with Gasteiger partial charge in [0.1, 0.15) is 12.4 Å². The zero-order valence-corrected chi connectivity index (χ0v) is 14.1. The Morgan fingerprint density at radius 1 is 1.15 bits per heavy atom. The summed E-state index contributed by atoms with van der Waals surface area (Å²) >= 11 is 0. The van der Waals surface area contributed by atoms with Crippen molar-refractivity contribution in [2.75, 3.05) is 0 Å². The maximum atomic E-state index is 12.2. The molecule has 142 valence electrons. The fourth-order valence-corrected chi connectivity index (χ4v) is 3.29. The van der Waals surface area contributed by atoms with E-state index in [1.807, 2.05) is 0 Å². The average molecular weight is 378 g/mol. The molecule has 0 aromatic carbocycles. The molecule has 0 unspecified atom stereocenters. The molecule has 5 atom stereocenters. The molecule has 1 N–H and O–H groups in total. The number of hydrogen-bond donors (Lipinski definition) is 1. The Morgan fingerprint density at radius 2 is 1.89 bits per heavy atom. The molecule has 0 spiro atoms. The largest absolute Gasteiger partial charge is 0.454 e. The van der Waals surface area contributed by atoms with Crippen molar-refractivity contribution < 1.29 is 33.3 Å². The van der Waals surface area contributed by atoms with Gasteiger partial charge in [-0.15, -0.1) is 0 Å². The molecule has 2 saturated heterocycles. The van der Waals surface area contributed by atoms with E-state index in [1.165, 1.54) is 24.1 Å². The number of esters is 3. The number of hydrogen-bond acceptors (Lipinski definition) is 10. The highest BCUT2D eigenvalue weighted by atomic mass is 16.7. The minimum Gasteiger partial charge on any atom is -0.454 e. The second kappa shape index (κ2) is 6.16. The summed E-state index contributed by atoms with van der Waals surface area (Å²) in [5.41, 5.74) is -0.224. The number of imidazole rings is 1. The third-order valence-corrected chi connectivity index (χ3v) is 4.25. The Morgan fingerprint density at radius 3 is 2.59 bits per heavy atom. The molecule has 2 fully saturated rings. The van der Waals surface area contributed by atoms with Crippen molar-refractivity contribution in [2.24, 2.45) is 0 Å². The second-order valence-electron chi connectivity index (χ2n) is 6.05. The molecule has 0 radical (unpaired) electrons. The van der Waals surface area contributed by atoms with Gasteiger partial charge in [-0.25, -0.2) is 14.8 Å². The molecule has 27 heavy (non-hydrogen) atoms. The number of ether oxygens (including phenoxy) is 4. The van der Waals surface area contributed by atoms with Crippen molar-refractivity contribution >= 4 is 29.1 Å². The van der Waals surface area contributed by atoms with Gasteiger partial charge in [-0.2, -0.15) is 0 Å². The van der Waals surface area contributed by atoms with Crippen LogP contribution in [0.15, 0.2) is 17.4 Å².